The highest BCUT2D eigenvalue weighted by atomic mass is 16.7. The molecule has 1 aliphatic heterocycles. The average Bonchev–Trinajstić information content (AvgIpc) is 3.13. The lowest BCUT2D eigenvalue weighted by Gasteiger charge is -2.62. The molecule has 172 valence electrons. The molecule has 0 amide bonds. The van der Waals surface area contributed by atoms with Gasteiger partial charge in [0, 0.05) is 23.9 Å². The predicted molar refractivity (Wildman–Crippen MR) is 122 cm³/mol. The van der Waals surface area contributed by atoms with Crippen molar-refractivity contribution in [3.05, 3.63) is 41.5 Å². The Morgan fingerprint density at radius 1 is 1.29 bits per heavy atom. The highest BCUT2D eigenvalue weighted by Gasteiger charge is 2.68. The van der Waals surface area contributed by atoms with Crippen LogP contribution >= 0.6 is 0 Å². The van der Waals surface area contributed by atoms with E-state index in [4.69, 9.17) is 9.47 Å². The minimum absolute atomic E-state index is 0.00219. The van der Waals surface area contributed by atoms with Crippen LogP contribution in [0.25, 0.3) is 0 Å². The molecule has 3 aliphatic rings. The molecule has 2 fully saturated rings. The first kappa shape index (κ1) is 22.8. The van der Waals surface area contributed by atoms with Crippen LogP contribution in [0.5, 0.6) is 5.75 Å². The molecule has 31 heavy (non-hydrogen) atoms. The second-order valence-corrected chi connectivity index (χ2v) is 9.62. The summed E-state index contributed by atoms with van der Waals surface area (Å²) < 4.78 is 11.7. The van der Waals surface area contributed by atoms with E-state index in [1.165, 1.54) is 16.7 Å². The molecule has 1 heterocycles. The van der Waals surface area contributed by atoms with Gasteiger partial charge >= 0.3 is 0 Å². The Labute approximate surface area is 187 Å². The Morgan fingerprint density at radius 2 is 2.10 bits per heavy atom. The molecule has 1 saturated heterocycles. The number of benzene rings is 1. The molecule has 0 aromatic heterocycles. The summed E-state index contributed by atoms with van der Waals surface area (Å²) in [6, 6.07) is 4.22. The van der Waals surface area contributed by atoms with E-state index < -0.39 is 17.1 Å². The maximum atomic E-state index is 12.4. The molecule has 1 aromatic rings. The maximum absolute atomic E-state index is 12.4. The van der Waals surface area contributed by atoms with E-state index in [2.05, 4.69) is 44.4 Å². The van der Waals surface area contributed by atoms with Crippen molar-refractivity contribution in [1.29, 1.82) is 0 Å². The van der Waals surface area contributed by atoms with Crippen molar-refractivity contribution in [2.45, 2.75) is 82.5 Å². The fraction of sp³-hybridized carbons (Fsp3) is 0.692. The smallest absolute Gasteiger partial charge is 0.189 e. The van der Waals surface area contributed by atoms with Gasteiger partial charge in [0.05, 0.1) is 18.3 Å². The second kappa shape index (κ2) is 8.86. The third-order valence-corrected chi connectivity index (χ3v) is 8.34. The zero-order valence-corrected chi connectivity index (χ0v) is 19.4. The predicted octanol–water partition coefficient (Wildman–Crippen LogP) is 3.59. The fourth-order valence-electron chi connectivity index (χ4n) is 6.89. The normalized spacial score (nSPS) is 34.7. The molecule has 5 atom stereocenters. The van der Waals surface area contributed by atoms with Crippen molar-refractivity contribution in [2.75, 3.05) is 26.5 Å². The Kier molecular flexibility index (Phi) is 6.51. The van der Waals surface area contributed by atoms with Gasteiger partial charge < -0.3 is 19.7 Å². The lowest BCUT2D eigenvalue weighted by Crippen LogP contribution is -2.72. The van der Waals surface area contributed by atoms with Crippen LogP contribution in [-0.4, -0.2) is 59.3 Å². The standard InChI is InChI=1S/C26H39NO4/c1-5-13-27-14-12-25-21(22(28)10-11-26(25,29)18(27)4)16-20-23(31-17-30-15-6-2)9-8-19(7-3)24(20)25/h5,8-9,18,21-22,28-29H,1,6-7,10-17H2,2-4H3/t18?,21-,22?,25+,26?/m0/s1. The molecule has 3 unspecified atom stereocenters. The largest absolute Gasteiger partial charge is 0.467 e. The number of aliphatic hydroxyl groups is 2. The number of nitrogens with zero attached hydrogens (tertiary/aromatic N) is 1. The lowest BCUT2D eigenvalue weighted by molar-refractivity contribution is -0.190. The van der Waals surface area contributed by atoms with E-state index in [1.807, 2.05) is 6.08 Å². The number of aliphatic hydroxyl groups excluding tert-OH is 1. The summed E-state index contributed by atoms with van der Waals surface area (Å²) in [6.07, 6.45) is 6.24. The lowest BCUT2D eigenvalue weighted by atomic mass is 9.50. The first-order valence-corrected chi connectivity index (χ1v) is 12.1. The zero-order chi connectivity index (χ0) is 22.2. The van der Waals surface area contributed by atoms with Crippen LogP contribution < -0.4 is 4.74 Å². The summed E-state index contributed by atoms with van der Waals surface area (Å²) in [4.78, 5) is 2.34. The number of rotatable bonds is 8. The first-order chi connectivity index (χ1) is 14.9. The number of likely N-dealkylation sites (tertiary alicyclic amines) is 1. The van der Waals surface area contributed by atoms with Crippen molar-refractivity contribution in [3.8, 4) is 5.75 Å². The Balaban J connectivity index is 1.81. The summed E-state index contributed by atoms with van der Waals surface area (Å²) in [5, 5.41) is 23.5. The SMILES string of the molecule is C=CCN1CC[C@]23c4c(CC)ccc(OCOCCC)c4C[C@H]2C(O)CCC3(O)C1C. The number of ether oxygens (including phenoxy) is 2. The van der Waals surface area contributed by atoms with Gasteiger partial charge in [-0.05, 0) is 74.8 Å². The van der Waals surface area contributed by atoms with Gasteiger partial charge in [0.25, 0.3) is 0 Å². The van der Waals surface area contributed by atoms with Gasteiger partial charge in [-0.25, -0.2) is 0 Å². The highest BCUT2D eigenvalue weighted by Crippen LogP contribution is 2.63. The van der Waals surface area contributed by atoms with Crippen LogP contribution in [0.15, 0.2) is 24.8 Å². The van der Waals surface area contributed by atoms with Gasteiger partial charge in [0.1, 0.15) is 5.75 Å². The summed E-state index contributed by atoms with van der Waals surface area (Å²) in [7, 11) is 0. The van der Waals surface area contributed by atoms with Crippen molar-refractivity contribution in [3.63, 3.8) is 0 Å². The molecule has 5 heteroatoms. The van der Waals surface area contributed by atoms with Crippen LogP contribution in [0, 0.1) is 5.92 Å². The minimum atomic E-state index is -0.884. The number of piperidine rings is 1. The molecule has 2 N–H and O–H groups in total. The van der Waals surface area contributed by atoms with Gasteiger partial charge in [0.15, 0.2) is 6.79 Å². The highest BCUT2D eigenvalue weighted by molar-refractivity contribution is 5.57. The maximum Gasteiger partial charge on any atom is 0.189 e. The monoisotopic (exact) mass is 429 g/mol. The van der Waals surface area contributed by atoms with E-state index in [9.17, 15) is 10.2 Å². The molecule has 4 rings (SSSR count). The third-order valence-electron chi connectivity index (χ3n) is 8.34. The summed E-state index contributed by atoms with van der Waals surface area (Å²) in [6.45, 7) is 12.9. The van der Waals surface area contributed by atoms with Crippen LogP contribution in [0.3, 0.4) is 0 Å². The van der Waals surface area contributed by atoms with Crippen molar-refractivity contribution >= 4 is 0 Å². The van der Waals surface area contributed by atoms with E-state index in [0.717, 1.165) is 44.5 Å². The van der Waals surface area contributed by atoms with Gasteiger partial charge in [0.2, 0.25) is 0 Å². The van der Waals surface area contributed by atoms with E-state index >= 15 is 0 Å². The molecule has 5 nitrogen and oxygen atoms in total. The number of aryl methyl sites for hydroxylation is 1. The number of hydrogen-bond acceptors (Lipinski definition) is 5. The quantitative estimate of drug-likeness (QED) is 0.376. The molecular formula is C26H39NO4. The van der Waals surface area contributed by atoms with Gasteiger partial charge in [-0.1, -0.05) is 26.0 Å². The molecular weight excluding hydrogens is 390 g/mol. The van der Waals surface area contributed by atoms with Crippen LogP contribution in [0.2, 0.25) is 0 Å². The molecule has 1 saturated carbocycles. The molecule has 1 spiro atoms. The van der Waals surface area contributed by atoms with Gasteiger partial charge in [-0.3, -0.25) is 4.90 Å². The van der Waals surface area contributed by atoms with E-state index in [1.54, 1.807) is 0 Å². The molecule has 2 aliphatic carbocycles. The fourth-order valence-corrected chi connectivity index (χ4v) is 6.89. The second-order valence-electron chi connectivity index (χ2n) is 9.62. The van der Waals surface area contributed by atoms with E-state index in [-0.39, 0.29) is 18.8 Å². The Hall–Kier alpha value is -1.40. The van der Waals surface area contributed by atoms with E-state index in [0.29, 0.717) is 19.4 Å². The molecule has 1 aromatic carbocycles. The van der Waals surface area contributed by atoms with Crippen molar-refractivity contribution in [2.24, 2.45) is 5.92 Å². The topological polar surface area (TPSA) is 62.2 Å². The summed E-state index contributed by atoms with van der Waals surface area (Å²) in [5.74, 6) is 0.865. The zero-order valence-electron chi connectivity index (χ0n) is 19.4. The Morgan fingerprint density at radius 3 is 2.81 bits per heavy atom. The first-order valence-electron chi connectivity index (χ1n) is 12.1. The number of hydrogen-bond donors (Lipinski definition) is 2. The number of fused-ring (bicyclic) bond motifs is 1. The molecule has 0 radical (unpaired) electrons. The van der Waals surface area contributed by atoms with Gasteiger partial charge in [-0.15, -0.1) is 6.58 Å². The summed E-state index contributed by atoms with van der Waals surface area (Å²) >= 11 is 0. The van der Waals surface area contributed by atoms with Crippen molar-refractivity contribution < 1.29 is 19.7 Å². The Bertz CT molecular complexity index is 811. The average molecular weight is 430 g/mol. The van der Waals surface area contributed by atoms with Crippen LogP contribution in [-0.2, 0) is 23.0 Å². The third kappa shape index (κ3) is 3.36. The summed E-state index contributed by atoms with van der Waals surface area (Å²) in [5.41, 5.74) is 2.38. The van der Waals surface area contributed by atoms with Crippen LogP contribution in [0.4, 0.5) is 0 Å². The minimum Gasteiger partial charge on any atom is -0.467 e. The van der Waals surface area contributed by atoms with Gasteiger partial charge in [-0.2, -0.15) is 0 Å². The van der Waals surface area contributed by atoms with Crippen molar-refractivity contribution in [1.82, 2.24) is 4.90 Å². The van der Waals surface area contributed by atoms with Crippen LogP contribution in [0.1, 0.15) is 63.1 Å². The molecule has 0 bridgehead atoms.